The molecule has 0 bridgehead atoms. The van der Waals surface area contributed by atoms with Gasteiger partial charge in [0, 0.05) is 23.5 Å². The Balaban J connectivity index is 1.66. The summed E-state index contributed by atoms with van der Waals surface area (Å²) in [4.78, 5) is 14.3. The molecule has 0 aliphatic carbocycles. The van der Waals surface area contributed by atoms with Crippen LogP contribution in [-0.4, -0.2) is 17.6 Å². The minimum absolute atomic E-state index is 0.180. The summed E-state index contributed by atoms with van der Waals surface area (Å²) >= 11 is 5.46. The van der Waals surface area contributed by atoms with Gasteiger partial charge in [0.25, 0.3) is 11.1 Å². The summed E-state index contributed by atoms with van der Waals surface area (Å²) in [5.41, 5.74) is 3.35. The number of aryl methyl sites for hydroxylation is 1. The van der Waals surface area contributed by atoms with Gasteiger partial charge in [-0.05, 0) is 67.7 Å². The molecule has 0 aliphatic heterocycles. The van der Waals surface area contributed by atoms with Gasteiger partial charge in [0.05, 0.1) is 0 Å². The first-order chi connectivity index (χ1) is 14.1. The smallest absolute Gasteiger partial charge is 0.269 e. The summed E-state index contributed by atoms with van der Waals surface area (Å²) in [7, 11) is 0. The molecule has 0 spiro atoms. The predicted octanol–water partition coefficient (Wildman–Crippen LogP) is 5.60. The van der Waals surface area contributed by atoms with Crippen molar-refractivity contribution >= 4 is 34.7 Å². The van der Waals surface area contributed by atoms with E-state index in [1.165, 1.54) is 0 Å². The van der Waals surface area contributed by atoms with Crippen molar-refractivity contribution in [2.24, 2.45) is 0 Å². The summed E-state index contributed by atoms with van der Waals surface area (Å²) in [6, 6.07) is 24.3. The molecule has 0 saturated carbocycles. The number of nitrogens with zero attached hydrogens (tertiary/aromatic N) is 1. The van der Waals surface area contributed by atoms with Gasteiger partial charge in [-0.15, -0.1) is 6.58 Å². The van der Waals surface area contributed by atoms with Crippen molar-refractivity contribution in [2.45, 2.75) is 6.92 Å². The highest BCUT2D eigenvalue weighted by molar-refractivity contribution is 7.80. The maximum atomic E-state index is 12.4. The van der Waals surface area contributed by atoms with Crippen molar-refractivity contribution in [3.05, 3.63) is 103 Å². The lowest BCUT2D eigenvalue weighted by Gasteiger charge is -2.23. The number of rotatable bonds is 6. The monoisotopic (exact) mass is 402 g/mol. The summed E-state index contributed by atoms with van der Waals surface area (Å²) < 4.78 is 5.83. The van der Waals surface area contributed by atoms with Crippen molar-refractivity contribution in [3.63, 3.8) is 0 Å². The van der Waals surface area contributed by atoms with Gasteiger partial charge in [-0.2, -0.15) is 0 Å². The molecule has 3 aromatic rings. The van der Waals surface area contributed by atoms with Crippen LogP contribution < -0.4 is 15.0 Å². The Hall–Kier alpha value is -3.44. The number of benzene rings is 3. The minimum Gasteiger partial charge on any atom is -0.432 e. The maximum absolute atomic E-state index is 12.4. The molecule has 146 valence electrons. The second-order valence-electron chi connectivity index (χ2n) is 6.45. The molecule has 29 heavy (non-hydrogen) atoms. The number of hydrogen-bond donors (Lipinski definition) is 1. The molecule has 3 aromatic carbocycles. The van der Waals surface area contributed by atoms with Crippen molar-refractivity contribution in [3.8, 4) is 5.75 Å². The topological polar surface area (TPSA) is 41.6 Å². The third-order valence-corrected chi connectivity index (χ3v) is 4.53. The van der Waals surface area contributed by atoms with Gasteiger partial charge in [-0.25, -0.2) is 0 Å². The standard InChI is InChI=1S/C24H22N2O2S/c1-3-17-26(21-7-5-4-6-8-21)24(29)28-22-15-11-19(12-16-22)23(27)25-20-13-9-18(2)10-14-20/h3-16H,1,17H2,2H3,(H,25,27). The van der Waals surface area contributed by atoms with Crippen LogP contribution in [0.5, 0.6) is 5.75 Å². The lowest BCUT2D eigenvalue weighted by molar-refractivity contribution is 0.102. The number of thiocarbonyl (C=S) groups is 1. The first-order valence-electron chi connectivity index (χ1n) is 9.20. The van der Waals surface area contributed by atoms with Gasteiger partial charge in [0.15, 0.2) is 0 Å². The second kappa shape index (κ2) is 9.66. The van der Waals surface area contributed by atoms with Gasteiger partial charge in [-0.3, -0.25) is 9.69 Å². The molecular formula is C24H22N2O2S. The average Bonchev–Trinajstić information content (AvgIpc) is 2.74. The first kappa shape index (κ1) is 20.3. The van der Waals surface area contributed by atoms with Crippen LogP contribution in [0.25, 0.3) is 0 Å². The highest BCUT2D eigenvalue weighted by Gasteiger charge is 2.13. The van der Waals surface area contributed by atoms with E-state index in [-0.39, 0.29) is 5.91 Å². The number of carbonyl (C=O) groups excluding carboxylic acids is 1. The molecule has 0 heterocycles. The zero-order valence-corrected chi connectivity index (χ0v) is 17.0. The third kappa shape index (κ3) is 5.53. The number of para-hydroxylation sites is 1. The molecular weight excluding hydrogens is 380 g/mol. The Morgan fingerprint density at radius 1 is 1.03 bits per heavy atom. The van der Waals surface area contributed by atoms with E-state index in [9.17, 15) is 4.79 Å². The normalized spacial score (nSPS) is 10.1. The van der Waals surface area contributed by atoms with Crippen LogP contribution in [0.15, 0.2) is 91.5 Å². The Kier molecular flexibility index (Phi) is 6.76. The van der Waals surface area contributed by atoms with Gasteiger partial charge in [0.2, 0.25) is 0 Å². The second-order valence-corrected chi connectivity index (χ2v) is 6.80. The lowest BCUT2D eigenvalue weighted by Crippen LogP contribution is -2.33. The van der Waals surface area contributed by atoms with Crippen LogP contribution in [0.3, 0.4) is 0 Å². The predicted molar refractivity (Wildman–Crippen MR) is 123 cm³/mol. The fourth-order valence-corrected chi connectivity index (χ4v) is 2.97. The molecule has 1 amide bonds. The Bertz CT molecular complexity index is 984. The molecule has 4 nitrogen and oxygen atoms in total. The molecule has 3 rings (SSSR count). The molecule has 0 aliphatic rings. The van der Waals surface area contributed by atoms with Crippen LogP contribution in [0, 0.1) is 6.92 Å². The van der Waals surface area contributed by atoms with Crippen molar-refractivity contribution in [2.75, 3.05) is 16.8 Å². The third-order valence-electron chi connectivity index (χ3n) is 4.23. The Morgan fingerprint density at radius 3 is 2.31 bits per heavy atom. The molecule has 0 radical (unpaired) electrons. The number of nitrogens with one attached hydrogen (secondary N) is 1. The SMILES string of the molecule is C=CCN(C(=S)Oc1ccc(C(=O)Nc2ccc(C)cc2)cc1)c1ccccc1. The van der Waals surface area contributed by atoms with E-state index < -0.39 is 0 Å². The van der Waals surface area contributed by atoms with Crippen LogP contribution in [0.1, 0.15) is 15.9 Å². The highest BCUT2D eigenvalue weighted by atomic mass is 32.1. The average molecular weight is 403 g/mol. The van der Waals surface area contributed by atoms with Crippen LogP contribution >= 0.6 is 12.2 Å². The van der Waals surface area contributed by atoms with E-state index in [4.69, 9.17) is 17.0 Å². The maximum Gasteiger partial charge on any atom is 0.269 e. The molecule has 5 heteroatoms. The Labute approximate surface area is 176 Å². The molecule has 0 unspecified atom stereocenters. The van der Waals surface area contributed by atoms with Crippen LogP contribution in [0.2, 0.25) is 0 Å². The quantitative estimate of drug-likeness (QED) is 0.430. The van der Waals surface area contributed by atoms with Gasteiger partial charge < -0.3 is 10.1 Å². The highest BCUT2D eigenvalue weighted by Crippen LogP contribution is 2.19. The van der Waals surface area contributed by atoms with Gasteiger partial charge in [0.1, 0.15) is 5.75 Å². The minimum atomic E-state index is -0.180. The molecule has 1 N–H and O–H groups in total. The molecule has 0 fully saturated rings. The fourth-order valence-electron chi connectivity index (χ4n) is 2.69. The van der Waals surface area contributed by atoms with Gasteiger partial charge >= 0.3 is 0 Å². The summed E-state index contributed by atoms with van der Waals surface area (Å²) in [6.07, 6.45) is 1.77. The first-order valence-corrected chi connectivity index (χ1v) is 9.61. The fraction of sp³-hybridized carbons (Fsp3) is 0.0833. The van der Waals surface area contributed by atoms with E-state index >= 15 is 0 Å². The Morgan fingerprint density at radius 2 is 1.69 bits per heavy atom. The molecule has 0 aromatic heterocycles. The van der Waals surface area contributed by atoms with E-state index in [0.717, 1.165) is 16.9 Å². The van der Waals surface area contributed by atoms with Crippen LogP contribution in [0.4, 0.5) is 11.4 Å². The van der Waals surface area contributed by atoms with E-state index in [1.54, 1.807) is 30.3 Å². The molecule has 0 saturated heterocycles. The van der Waals surface area contributed by atoms with E-state index in [1.807, 2.05) is 66.4 Å². The zero-order valence-electron chi connectivity index (χ0n) is 16.2. The summed E-state index contributed by atoms with van der Waals surface area (Å²) in [6.45, 7) is 6.31. The lowest BCUT2D eigenvalue weighted by atomic mass is 10.2. The van der Waals surface area contributed by atoms with Crippen molar-refractivity contribution in [1.29, 1.82) is 0 Å². The summed E-state index contributed by atoms with van der Waals surface area (Å²) in [5.74, 6) is 0.382. The number of amides is 1. The van der Waals surface area contributed by atoms with E-state index in [0.29, 0.717) is 23.0 Å². The zero-order chi connectivity index (χ0) is 20.6. The largest absolute Gasteiger partial charge is 0.432 e. The van der Waals surface area contributed by atoms with Gasteiger partial charge in [-0.1, -0.05) is 42.0 Å². The van der Waals surface area contributed by atoms with E-state index in [2.05, 4.69) is 11.9 Å². The number of carbonyl (C=O) groups is 1. The van der Waals surface area contributed by atoms with Crippen molar-refractivity contribution in [1.82, 2.24) is 0 Å². The van der Waals surface area contributed by atoms with Crippen LogP contribution in [-0.2, 0) is 0 Å². The molecule has 0 atom stereocenters. The summed E-state index contributed by atoms with van der Waals surface area (Å²) in [5, 5.41) is 3.19. The number of ether oxygens (including phenoxy) is 1. The number of hydrogen-bond acceptors (Lipinski definition) is 3. The number of anilines is 2. The van der Waals surface area contributed by atoms with Crippen molar-refractivity contribution < 1.29 is 9.53 Å².